The average Bonchev–Trinajstić information content (AvgIpc) is 3.57. The van der Waals surface area contributed by atoms with E-state index in [4.69, 9.17) is 18.9 Å². The Morgan fingerprint density at radius 3 is 2.60 bits per heavy atom. The number of hydrogen-bond acceptors (Lipinski definition) is 10. The minimum absolute atomic E-state index is 0.120. The fourth-order valence-corrected chi connectivity index (χ4v) is 5.85. The van der Waals surface area contributed by atoms with Gasteiger partial charge in [0.1, 0.15) is 11.5 Å². The fraction of sp³-hybridized carbons (Fsp3) is 0.484. The minimum atomic E-state index is -1.07. The number of piperazine rings is 1. The average molecular weight is 592 g/mol. The molecule has 0 radical (unpaired) electrons. The normalized spacial score (nSPS) is 18.6. The molecule has 2 aromatic carbocycles. The van der Waals surface area contributed by atoms with Gasteiger partial charge in [0.25, 0.3) is 5.91 Å². The zero-order valence-electron chi connectivity index (χ0n) is 24.5. The van der Waals surface area contributed by atoms with Crippen LogP contribution in [-0.4, -0.2) is 75.6 Å². The molecule has 2 aliphatic heterocycles. The van der Waals surface area contributed by atoms with Gasteiger partial charge in [-0.15, -0.1) is 0 Å². The first-order valence-corrected chi connectivity index (χ1v) is 14.7. The van der Waals surface area contributed by atoms with Gasteiger partial charge in [0.15, 0.2) is 6.10 Å². The lowest BCUT2D eigenvalue weighted by Crippen LogP contribution is -2.49. The van der Waals surface area contributed by atoms with Crippen LogP contribution in [0.2, 0.25) is 0 Å². The van der Waals surface area contributed by atoms with Crippen molar-refractivity contribution < 1.29 is 33.3 Å². The Hall–Kier alpha value is -4.34. The van der Waals surface area contributed by atoms with Crippen LogP contribution in [0.1, 0.15) is 55.2 Å². The smallest absolute Gasteiger partial charge is 0.476 e. The number of nitriles is 1. The molecular weight excluding hydrogens is 554 g/mol. The second kappa shape index (κ2) is 13.8. The van der Waals surface area contributed by atoms with E-state index in [0.29, 0.717) is 29.2 Å². The van der Waals surface area contributed by atoms with Gasteiger partial charge in [0, 0.05) is 44.5 Å². The number of amides is 2. The molecule has 43 heavy (non-hydrogen) atoms. The van der Waals surface area contributed by atoms with Crippen molar-refractivity contribution >= 4 is 29.5 Å². The predicted octanol–water partition coefficient (Wildman–Crippen LogP) is 4.13. The van der Waals surface area contributed by atoms with Crippen LogP contribution >= 0.6 is 0 Å². The van der Waals surface area contributed by atoms with E-state index >= 15 is 0 Å². The largest absolute Gasteiger partial charge is 0.513 e. The van der Waals surface area contributed by atoms with E-state index in [-0.39, 0.29) is 24.8 Å². The highest BCUT2D eigenvalue weighted by Gasteiger charge is 2.36. The molecule has 2 aromatic rings. The molecule has 1 saturated heterocycles. The van der Waals surface area contributed by atoms with Crippen molar-refractivity contribution in [2.24, 2.45) is 0 Å². The molecule has 0 spiro atoms. The number of benzene rings is 2. The van der Waals surface area contributed by atoms with Crippen LogP contribution in [0.25, 0.3) is 0 Å². The highest BCUT2D eigenvalue weighted by atomic mass is 16.7. The first-order valence-electron chi connectivity index (χ1n) is 14.7. The second-order valence-electron chi connectivity index (χ2n) is 10.8. The van der Waals surface area contributed by atoms with Crippen LogP contribution in [0.15, 0.2) is 30.3 Å². The van der Waals surface area contributed by atoms with Crippen LogP contribution in [0.4, 0.5) is 21.0 Å². The lowest BCUT2D eigenvalue weighted by atomic mass is 9.93. The van der Waals surface area contributed by atoms with Crippen LogP contribution in [0.5, 0.6) is 11.5 Å². The van der Waals surface area contributed by atoms with E-state index in [9.17, 15) is 19.6 Å². The summed E-state index contributed by atoms with van der Waals surface area (Å²) < 4.78 is 21.7. The molecule has 1 atom stereocenters. The van der Waals surface area contributed by atoms with Gasteiger partial charge in [-0.3, -0.25) is 14.6 Å². The summed E-state index contributed by atoms with van der Waals surface area (Å²) in [5.41, 5.74) is 3.01. The number of fused-ring (bicyclic) bond motifs is 1. The molecule has 2 amide bonds. The highest BCUT2D eigenvalue weighted by molar-refractivity contribution is 5.99. The molecule has 228 valence electrons. The standard InChI is InChI=1S/C31H37N5O7/c1-3-41-30(38)36-19-28(42-26-9-8-20(17-32)14-25(26)36)29(37)34-24-16-27(43-31(39)40-2)23(21-6-4-5-7-21)15-22(24)18-35-12-10-33-11-13-35/h8-9,14-16,21,28,33H,3-7,10-13,18-19H2,1-2H3,(H,34,37). The topological polar surface area (TPSA) is 142 Å². The molecule has 12 heteroatoms. The van der Waals surface area contributed by atoms with Crippen molar-refractivity contribution in [1.29, 1.82) is 5.26 Å². The van der Waals surface area contributed by atoms with Crippen molar-refractivity contribution in [3.63, 3.8) is 0 Å². The first-order chi connectivity index (χ1) is 20.9. The predicted molar refractivity (Wildman–Crippen MR) is 157 cm³/mol. The Bertz CT molecular complexity index is 1400. The second-order valence-corrected chi connectivity index (χ2v) is 10.8. The van der Waals surface area contributed by atoms with Gasteiger partial charge < -0.3 is 29.6 Å². The SMILES string of the molecule is CCOC(=O)N1CC(C(=O)Nc2cc(OC(=O)OC)c(C3CCCC3)cc2CN2CCNCC2)Oc2ccc(C#N)cc21. The first kappa shape index (κ1) is 30.1. The number of nitrogens with zero attached hydrogens (tertiary/aromatic N) is 3. The van der Waals surface area contributed by atoms with E-state index in [2.05, 4.69) is 21.6 Å². The molecule has 2 heterocycles. The zero-order valence-corrected chi connectivity index (χ0v) is 24.5. The van der Waals surface area contributed by atoms with Gasteiger partial charge in [0.2, 0.25) is 0 Å². The van der Waals surface area contributed by atoms with Crippen LogP contribution in [0.3, 0.4) is 0 Å². The minimum Gasteiger partial charge on any atom is -0.476 e. The van der Waals surface area contributed by atoms with E-state index in [1.165, 1.54) is 18.1 Å². The number of hydrogen-bond donors (Lipinski definition) is 2. The van der Waals surface area contributed by atoms with Gasteiger partial charge in [-0.05, 0) is 61.1 Å². The third-order valence-corrected chi connectivity index (χ3v) is 8.03. The molecule has 1 unspecified atom stereocenters. The van der Waals surface area contributed by atoms with Crippen molar-refractivity contribution in [3.8, 4) is 17.6 Å². The lowest BCUT2D eigenvalue weighted by Gasteiger charge is -2.34. The summed E-state index contributed by atoms with van der Waals surface area (Å²) in [4.78, 5) is 42.5. The number of rotatable bonds is 7. The molecular formula is C31H37N5O7. The van der Waals surface area contributed by atoms with Crippen LogP contribution in [-0.2, 0) is 20.8 Å². The van der Waals surface area contributed by atoms with E-state index in [1.54, 1.807) is 25.1 Å². The van der Waals surface area contributed by atoms with E-state index < -0.39 is 24.3 Å². The third-order valence-electron chi connectivity index (χ3n) is 8.03. The molecule has 12 nitrogen and oxygen atoms in total. The Kier molecular flexibility index (Phi) is 9.64. The van der Waals surface area contributed by atoms with Gasteiger partial charge >= 0.3 is 12.2 Å². The monoisotopic (exact) mass is 591 g/mol. The molecule has 1 aliphatic carbocycles. The van der Waals surface area contributed by atoms with Crippen LogP contribution < -0.4 is 25.0 Å². The summed E-state index contributed by atoms with van der Waals surface area (Å²) in [6.45, 7) is 5.76. The van der Waals surface area contributed by atoms with E-state index in [1.807, 2.05) is 6.07 Å². The number of carbonyl (C=O) groups excluding carboxylic acids is 3. The Balaban J connectivity index is 1.47. The molecule has 0 aromatic heterocycles. The number of ether oxygens (including phenoxy) is 4. The van der Waals surface area contributed by atoms with Crippen molar-refractivity contribution in [3.05, 3.63) is 47.0 Å². The number of anilines is 2. The summed E-state index contributed by atoms with van der Waals surface area (Å²) in [7, 11) is 1.26. The van der Waals surface area contributed by atoms with E-state index in [0.717, 1.165) is 63.0 Å². The summed E-state index contributed by atoms with van der Waals surface area (Å²) >= 11 is 0. The van der Waals surface area contributed by atoms with Gasteiger partial charge in [-0.25, -0.2) is 9.59 Å². The lowest BCUT2D eigenvalue weighted by molar-refractivity contribution is -0.122. The maximum atomic E-state index is 13.8. The molecule has 2 N–H and O–H groups in total. The molecule has 3 aliphatic rings. The summed E-state index contributed by atoms with van der Waals surface area (Å²) in [5.74, 6) is 0.389. The Morgan fingerprint density at radius 2 is 1.91 bits per heavy atom. The fourth-order valence-electron chi connectivity index (χ4n) is 5.85. The van der Waals surface area contributed by atoms with Crippen molar-refractivity contribution in [2.45, 2.75) is 51.2 Å². The number of methoxy groups -OCH3 is 1. The summed E-state index contributed by atoms with van der Waals surface area (Å²) in [6, 6.07) is 10.4. The molecule has 2 fully saturated rings. The van der Waals surface area contributed by atoms with Crippen molar-refractivity contribution in [1.82, 2.24) is 10.2 Å². The number of carbonyl (C=O) groups is 3. The highest BCUT2D eigenvalue weighted by Crippen LogP contribution is 2.42. The Labute approximate surface area is 250 Å². The molecule has 1 saturated carbocycles. The molecule has 5 rings (SSSR count). The van der Waals surface area contributed by atoms with Crippen molar-refractivity contribution in [2.75, 3.05) is 56.7 Å². The maximum Gasteiger partial charge on any atom is 0.513 e. The van der Waals surface area contributed by atoms with Gasteiger partial charge in [-0.2, -0.15) is 5.26 Å². The van der Waals surface area contributed by atoms with Gasteiger partial charge in [0.05, 0.1) is 37.6 Å². The van der Waals surface area contributed by atoms with Crippen LogP contribution in [0, 0.1) is 11.3 Å². The third kappa shape index (κ3) is 7.01. The molecule has 0 bridgehead atoms. The number of nitrogens with one attached hydrogen (secondary N) is 2. The zero-order chi connectivity index (χ0) is 30.3. The maximum absolute atomic E-state index is 13.8. The summed E-state index contributed by atoms with van der Waals surface area (Å²) in [5, 5.41) is 15.7. The Morgan fingerprint density at radius 1 is 1.14 bits per heavy atom. The van der Waals surface area contributed by atoms with Gasteiger partial charge in [-0.1, -0.05) is 12.8 Å². The summed E-state index contributed by atoms with van der Waals surface area (Å²) in [6.07, 6.45) is 1.62. The quantitative estimate of drug-likeness (QED) is 0.356.